The number of rotatable bonds is 6. The molecular weight excluding hydrogens is 384 g/mol. The van der Waals surface area contributed by atoms with Crippen LogP contribution in [0.5, 0.6) is 5.75 Å². The van der Waals surface area contributed by atoms with Crippen LogP contribution in [0.1, 0.15) is 6.92 Å². The van der Waals surface area contributed by atoms with E-state index in [4.69, 9.17) is 4.74 Å². The van der Waals surface area contributed by atoms with Crippen molar-refractivity contribution in [1.82, 2.24) is 14.8 Å². The Labute approximate surface area is 172 Å². The quantitative estimate of drug-likeness (QED) is 0.478. The van der Waals surface area contributed by atoms with Crippen molar-refractivity contribution in [2.24, 2.45) is 0 Å². The van der Waals surface area contributed by atoms with E-state index in [1.807, 2.05) is 78.2 Å². The fourth-order valence-electron chi connectivity index (χ4n) is 3.02. The molecule has 1 N–H and O–H groups in total. The van der Waals surface area contributed by atoms with Crippen LogP contribution in [-0.2, 0) is 4.79 Å². The molecule has 0 aliphatic carbocycles. The molecule has 0 aliphatic rings. The van der Waals surface area contributed by atoms with E-state index in [2.05, 4.69) is 15.5 Å². The Bertz CT molecular complexity index is 1150. The third-order valence-electron chi connectivity index (χ3n) is 4.55. The third kappa shape index (κ3) is 4.09. The number of anilines is 1. The van der Waals surface area contributed by atoms with Gasteiger partial charge in [-0.15, -0.1) is 10.2 Å². The SMILES string of the molecule is COc1cccc(-n2cnnc2SC(C)C(=O)Nc2cccc3ccccc23)c1. The highest BCUT2D eigenvalue weighted by atomic mass is 32.2. The molecule has 146 valence electrons. The molecular formula is C22H20N4O2S. The van der Waals surface area contributed by atoms with Crippen LogP contribution < -0.4 is 10.1 Å². The van der Waals surface area contributed by atoms with Gasteiger partial charge in [0, 0.05) is 17.1 Å². The maximum atomic E-state index is 12.8. The van der Waals surface area contributed by atoms with Gasteiger partial charge in [-0.1, -0.05) is 54.2 Å². The summed E-state index contributed by atoms with van der Waals surface area (Å²) in [4.78, 5) is 12.8. The van der Waals surface area contributed by atoms with Crippen LogP contribution in [0.25, 0.3) is 16.5 Å². The minimum absolute atomic E-state index is 0.0912. The van der Waals surface area contributed by atoms with Crippen LogP contribution in [0, 0.1) is 0 Å². The van der Waals surface area contributed by atoms with Crippen LogP contribution >= 0.6 is 11.8 Å². The van der Waals surface area contributed by atoms with Gasteiger partial charge >= 0.3 is 0 Å². The Morgan fingerprint density at radius 1 is 1.10 bits per heavy atom. The predicted octanol–water partition coefficient (Wildman–Crippen LogP) is 4.55. The average Bonchev–Trinajstić information content (AvgIpc) is 3.22. The number of hydrogen-bond acceptors (Lipinski definition) is 5. The predicted molar refractivity (Wildman–Crippen MR) is 116 cm³/mol. The molecule has 3 aromatic carbocycles. The molecule has 4 aromatic rings. The standard InChI is InChI=1S/C22H20N4O2S/c1-15(21(27)24-20-12-5-8-16-7-3-4-11-19(16)20)29-22-25-23-14-26(22)17-9-6-10-18(13-17)28-2/h3-15H,1-2H3,(H,24,27). The molecule has 1 unspecified atom stereocenters. The Hall–Kier alpha value is -3.32. The monoisotopic (exact) mass is 404 g/mol. The number of carbonyl (C=O) groups excluding carboxylic acids is 1. The second kappa shape index (κ2) is 8.36. The lowest BCUT2D eigenvalue weighted by atomic mass is 10.1. The lowest BCUT2D eigenvalue weighted by molar-refractivity contribution is -0.115. The second-order valence-electron chi connectivity index (χ2n) is 6.46. The number of amides is 1. The Morgan fingerprint density at radius 3 is 2.76 bits per heavy atom. The van der Waals surface area contributed by atoms with E-state index in [1.165, 1.54) is 11.8 Å². The van der Waals surface area contributed by atoms with E-state index in [-0.39, 0.29) is 11.2 Å². The van der Waals surface area contributed by atoms with Gasteiger partial charge in [0.1, 0.15) is 12.1 Å². The first-order chi connectivity index (χ1) is 14.2. The number of hydrogen-bond donors (Lipinski definition) is 1. The summed E-state index contributed by atoms with van der Waals surface area (Å²) in [5.74, 6) is 0.653. The maximum Gasteiger partial charge on any atom is 0.237 e. The zero-order valence-electron chi connectivity index (χ0n) is 16.1. The van der Waals surface area contributed by atoms with Crippen molar-refractivity contribution in [3.05, 3.63) is 73.1 Å². The van der Waals surface area contributed by atoms with E-state index in [0.29, 0.717) is 5.16 Å². The lowest BCUT2D eigenvalue weighted by Gasteiger charge is -2.14. The molecule has 0 aliphatic heterocycles. The summed E-state index contributed by atoms with van der Waals surface area (Å²) in [5.41, 5.74) is 1.67. The van der Waals surface area contributed by atoms with Gasteiger partial charge < -0.3 is 10.1 Å². The summed E-state index contributed by atoms with van der Waals surface area (Å²) in [6.45, 7) is 1.86. The van der Waals surface area contributed by atoms with Crippen molar-refractivity contribution in [3.8, 4) is 11.4 Å². The number of fused-ring (bicyclic) bond motifs is 1. The van der Waals surface area contributed by atoms with Crippen molar-refractivity contribution < 1.29 is 9.53 Å². The van der Waals surface area contributed by atoms with E-state index >= 15 is 0 Å². The number of benzene rings is 3. The minimum atomic E-state index is -0.359. The highest BCUT2D eigenvalue weighted by molar-refractivity contribution is 8.00. The van der Waals surface area contributed by atoms with Gasteiger partial charge in [0.05, 0.1) is 18.0 Å². The number of carbonyl (C=O) groups is 1. The molecule has 1 amide bonds. The summed E-state index contributed by atoms with van der Waals surface area (Å²) in [6.07, 6.45) is 1.63. The Balaban J connectivity index is 1.52. The summed E-state index contributed by atoms with van der Waals surface area (Å²) >= 11 is 1.35. The largest absolute Gasteiger partial charge is 0.497 e. The van der Waals surface area contributed by atoms with Crippen LogP contribution in [0.4, 0.5) is 5.69 Å². The zero-order valence-corrected chi connectivity index (χ0v) is 16.9. The summed E-state index contributed by atoms with van der Waals surface area (Å²) in [7, 11) is 1.63. The van der Waals surface area contributed by atoms with Crippen LogP contribution in [0.2, 0.25) is 0 Å². The molecule has 0 saturated carbocycles. The molecule has 1 atom stereocenters. The van der Waals surface area contributed by atoms with Crippen molar-refractivity contribution in [1.29, 1.82) is 0 Å². The first-order valence-electron chi connectivity index (χ1n) is 9.15. The minimum Gasteiger partial charge on any atom is -0.497 e. The molecule has 1 aromatic heterocycles. The first kappa shape index (κ1) is 19.0. The molecule has 1 heterocycles. The Kier molecular flexibility index (Phi) is 5.48. The van der Waals surface area contributed by atoms with Crippen molar-refractivity contribution in [3.63, 3.8) is 0 Å². The maximum absolute atomic E-state index is 12.8. The van der Waals surface area contributed by atoms with Gasteiger partial charge in [0.15, 0.2) is 5.16 Å². The molecule has 4 rings (SSSR count). The summed E-state index contributed by atoms with van der Waals surface area (Å²) < 4.78 is 7.13. The van der Waals surface area contributed by atoms with Gasteiger partial charge in [-0.05, 0) is 30.5 Å². The molecule has 6 nitrogen and oxygen atoms in total. The molecule has 29 heavy (non-hydrogen) atoms. The highest BCUT2D eigenvalue weighted by Crippen LogP contribution is 2.28. The first-order valence-corrected chi connectivity index (χ1v) is 10.0. The Morgan fingerprint density at radius 2 is 1.90 bits per heavy atom. The zero-order chi connectivity index (χ0) is 20.2. The molecule has 0 fully saturated rings. The third-order valence-corrected chi connectivity index (χ3v) is 5.60. The van der Waals surface area contributed by atoms with E-state index < -0.39 is 0 Å². The van der Waals surface area contributed by atoms with Crippen molar-refractivity contribution >= 4 is 34.1 Å². The molecule has 7 heteroatoms. The number of thioether (sulfide) groups is 1. The van der Waals surface area contributed by atoms with Gasteiger partial charge in [-0.3, -0.25) is 9.36 Å². The van der Waals surface area contributed by atoms with E-state index in [1.54, 1.807) is 13.4 Å². The van der Waals surface area contributed by atoms with Gasteiger partial charge in [-0.25, -0.2) is 0 Å². The lowest BCUT2D eigenvalue weighted by Crippen LogP contribution is -2.23. The van der Waals surface area contributed by atoms with Crippen LogP contribution in [0.3, 0.4) is 0 Å². The molecule has 0 bridgehead atoms. The number of nitrogens with zero attached hydrogens (tertiary/aromatic N) is 3. The average molecular weight is 404 g/mol. The number of ether oxygens (including phenoxy) is 1. The van der Waals surface area contributed by atoms with Gasteiger partial charge in [0.2, 0.25) is 5.91 Å². The summed E-state index contributed by atoms with van der Waals surface area (Å²) in [6, 6.07) is 21.5. The van der Waals surface area contributed by atoms with Gasteiger partial charge in [-0.2, -0.15) is 0 Å². The molecule has 0 radical (unpaired) electrons. The van der Waals surface area contributed by atoms with Gasteiger partial charge in [0.25, 0.3) is 0 Å². The van der Waals surface area contributed by atoms with Crippen molar-refractivity contribution in [2.45, 2.75) is 17.3 Å². The molecule has 0 saturated heterocycles. The number of aromatic nitrogens is 3. The smallest absolute Gasteiger partial charge is 0.237 e. The van der Waals surface area contributed by atoms with Crippen LogP contribution in [0.15, 0.2) is 78.2 Å². The number of nitrogens with one attached hydrogen (secondary N) is 1. The fraction of sp³-hybridized carbons (Fsp3) is 0.136. The van der Waals surface area contributed by atoms with E-state index in [0.717, 1.165) is 27.9 Å². The normalized spacial score (nSPS) is 11.9. The number of methoxy groups -OCH3 is 1. The molecule has 0 spiro atoms. The van der Waals surface area contributed by atoms with Crippen LogP contribution in [-0.4, -0.2) is 33.0 Å². The van der Waals surface area contributed by atoms with Crippen molar-refractivity contribution in [2.75, 3.05) is 12.4 Å². The highest BCUT2D eigenvalue weighted by Gasteiger charge is 2.19. The summed E-state index contributed by atoms with van der Waals surface area (Å²) in [5, 5.41) is 13.6. The van der Waals surface area contributed by atoms with E-state index in [9.17, 15) is 4.79 Å². The topological polar surface area (TPSA) is 69.0 Å². The second-order valence-corrected chi connectivity index (χ2v) is 7.77. The fourth-order valence-corrected chi connectivity index (χ4v) is 3.87.